The van der Waals surface area contributed by atoms with Gasteiger partial charge >= 0.3 is 5.97 Å². The van der Waals surface area contributed by atoms with Crippen LogP contribution in [0.5, 0.6) is 5.75 Å². The smallest absolute Gasteiger partial charge is 0.323 e. The molecule has 0 bridgehead atoms. The lowest BCUT2D eigenvalue weighted by Crippen LogP contribution is -2.54. The van der Waals surface area contributed by atoms with Gasteiger partial charge in [0, 0.05) is 12.6 Å². The zero-order chi connectivity index (χ0) is 14.5. The van der Waals surface area contributed by atoms with Gasteiger partial charge in [0.25, 0.3) is 0 Å². The molecule has 1 aromatic rings. The van der Waals surface area contributed by atoms with Crippen LogP contribution < -0.4 is 4.74 Å². The fourth-order valence-corrected chi connectivity index (χ4v) is 2.58. The van der Waals surface area contributed by atoms with Crippen LogP contribution in [0.25, 0.3) is 0 Å². The standard InChI is InChI=1S/C15H21NO4/c1-11(9-12-3-5-13(19-2)6-4-12)16-7-8-20-10-14(16)15(17)18/h3-6,11,14H,7-10H2,1-2H3,(H,17,18). The lowest BCUT2D eigenvalue weighted by molar-refractivity contribution is -0.151. The normalized spacial score (nSPS) is 21.4. The van der Waals surface area contributed by atoms with Crippen molar-refractivity contribution in [1.82, 2.24) is 4.90 Å². The van der Waals surface area contributed by atoms with Crippen LogP contribution in [-0.4, -0.2) is 54.9 Å². The van der Waals surface area contributed by atoms with Crippen LogP contribution in [0.2, 0.25) is 0 Å². The Kier molecular flexibility index (Phi) is 4.98. The van der Waals surface area contributed by atoms with E-state index in [4.69, 9.17) is 9.47 Å². The van der Waals surface area contributed by atoms with Crippen molar-refractivity contribution in [3.63, 3.8) is 0 Å². The second-order valence-electron chi connectivity index (χ2n) is 5.07. The van der Waals surface area contributed by atoms with Gasteiger partial charge in [-0.3, -0.25) is 9.69 Å². The molecule has 0 aliphatic carbocycles. The highest BCUT2D eigenvalue weighted by molar-refractivity contribution is 5.73. The summed E-state index contributed by atoms with van der Waals surface area (Å²) >= 11 is 0. The number of hydrogen-bond donors (Lipinski definition) is 1. The second-order valence-corrected chi connectivity index (χ2v) is 5.07. The largest absolute Gasteiger partial charge is 0.497 e. The Morgan fingerprint density at radius 1 is 1.50 bits per heavy atom. The second kappa shape index (κ2) is 6.72. The van der Waals surface area contributed by atoms with E-state index in [0.717, 1.165) is 12.2 Å². The van der Waals surface area contributed by atoms with Crippen molar-refractivity contribution < 1.29 is 19.4 Å². The third-order valence-corrected chi connectivity index (χ3v) is 3.71. The number of carboxylic acids is 1. The van der Waals surface area contributed by atoms with Gasteiger partial charge in [-0.25, -0.2) is 0 Å². The molecule has 1 aliphatic rings. The summed E-state index contributed by atoms with van der Waals surface area (Å²) in [5.74, 6) is 0.0162. The number of methoxy groups -OCH3 is 1. The molecule has 0 spiro atoms. The quantitative estimate of drug-likeness (QED) is 0.883. The molecule has 0 amide bonds. The van der Waals surface area contributed by atoms with E-state index >= 15 is 0 Å². The molecule has 2 atom stereocenters. The Labute approximate surface area is 119 Å². The lowest BCUT2D eigenvalue weighted by atomic mass is 10.0. The first-order chi connectivity index (χ1) is 9.61. The highest BCUT2D eigenvalue weighted by Gasteiger charge is 2.32. The molecule has 1 aromatic carbocycles. The number of aliphatic carboxylic acids is 1. The maximum Gasteiger partial charge on any atom is 0.323 e. The number of rotatable bonds is 5. The Hall–Kier alpha value is -1.59. The topological polar surface area (TPSA) is 59.0 Å². The maximum absolute atomic E-state index is 11.3. The number of morpholine rings is 1. The van der Waals surface area contributed by atoms with Crippen molar-refractivity contribution in [2.45, 2.75) is 25.4 Å². The monoisotopic (exact) mass is 279 g/mol. The maximum atomic E-state index is 11.3. The van der Waals surface area contributed by atoms with Gasteiger partial charge in [-0.05, 0) is 31.0 Å². The minimum absolute atomic E-state index is 0.161. The van der Waals surface area contributed by atoms with E-state index < -0.39 is 12.0 Å². The molecule has 1 fully saturated rings. The molecule has 0 radical (unpaired) electrons. The molecular formula is C15H21NO4. The van der Waals surface area contributed by atoms with E-state index in [1.807, 2.05) is 29.2 Å². The summed E-state index contributed by atoms with van der Waals surface area (Å²) in [5, 5.41) is 9.25. The third-order valence-electron chi connectivity index (χ3n) is 3.71. The highest BCUT2D eigenvalue weighted by Crippen LogP contribution is 2.17. The van der Waals surface area contributed by atoms with Crippen LogP contribution in [0.4, 0.5) is 0 Å². The molecule has 5 nitrogen and oxygen atoms in total. The Bertz CT molecular complexity index is 446. The average Bonchev–Trinajstić information content (AvgIpc) is 2.48. The highest BCUT2D eigenvalue weighted by atomic mass is 16.5. The van der Waals surface area contributed by atoms with E-state index in [-0.39, 0.29) is 12.6 Å². The summed E-state index contributed by atoms with van der Waals surface area (Å²) < 4.78 is 10.4. The number of carbonyl (C=O) groups is 1. The van der Waals surface area contributed by atoms with Gasteiger partial charge in [-0.2, -0.15) is 0 Å². The van der Waals surface area contributed by atoms with E-state index in [1.54, 1.807) is 7.11 Å². The third kappa shape index (κ3) is 3.49. The number of ether oxygens (including phenoxy) is 2. The van der Waals surface area contributed by atoms with E-state index in [9.17, 15) is 9.90 Å². The molecule has 0 aromatic heterocycles. The summed E-state index contributed by atoms with van der Waals surface area (Å²) in [6, 6.07) is 7.51. The Balaban J connectivity index is 2.01. The van der Waals surface area contributed by atoms with Crippen LogP contribution >= 0.6 is 0 Å². The van der Waals surface area contributed by atoms with E-state index in [1.165, 1.54) is 5.56 Å². The zero-order valence-corrected chi connectivity index (χ0v) is 11.9. The summed E-state index contributed by atoms with van der Waals surface area (Å²) in [6.07, 6.45) is 0.813. The van der Waals surface area contributed by atoms with Gasteiger partial charge in [0.2, 0.25) is 0 Å². The first-order valence-electron chi connectivity index (χ1n) is 6.81. The molecule has 2 unspecified atom stereocenters. The van der Waals surface area contributed by atoms with Crippen molar-refractivity contribution in [3.05, 3.63) is 29.8 Å². The predicted molar refractivity (Wildman–Crippen MR) is 75.1 cm³/mol. The Morgan fingerprint density at radius 2 is 2.20 bits per heavy atom. The zero-order valence-electron chi connectivity index (χ0n) is 11.9. The molecule has 110 valence electrons. The fourth-order valence-electron chi connectivity index (χ4n) is 2.58. The number of benzene rings is 1. The van der Waals surface area contributed by atoms with Crippen molar-refractivity contribution in [3.8, 4) is 5.75 Å². The number of nitrogens with zero attached hydrogens (tertiary/aromatic N) is 1. The van der Waals surface area contributed by atoms with Gasteiger partial charge < -0.3 is 14.6 Å². The molecule has 1 saturated heterocycles. The fraction of sp³-hybridized carbons (Fsp3) is 0.533. The van der Waals surface area contributed by atoms with Crippen molar-refractivity contribution >= 4 is 5.97 Å². The van der Waals surface area contributed by atoms with Crippen LogP contribution in [-0.2, 0) is 16.0 Å². The predicted octanol–water partition coefficient (Wildman–Crippen LogP) is 1.41. The van der Waals surface area contributed by atoms with Crippen molar-refractivity contribution in [2.75, 3.05) is 26.9 Å². The molecule has 2 rings (SSSR count). The molecule has 1 aliphatic heterocycles. The van der Waals surface area contributed by atoms with Gasteiger partial charge in [0.1, 0.15) is 11.8 Å². The average molecular weight is 279 g/mol. The molecule has 1 N–H and O–H groups in total. The minimum atomic E-state index is -0.814. The van der Waals surface area contributed by atoms with Gasteiger partial charge in [-0.15, -0.1) is 0 Å². The van der Waals surface area contributed by atoms with Crippen LogP contribution in [0.3, 0.4) is 0 Å². The van der Waals surface area contributed by atoms with Crippen LogP contribution in [0.15, 0.2) is 24.3 Å². The molecular weight excluding hydrogens is 258 g/mol. The first kappa shape index (κ1) is 14.8. The van der Waals surface area contributed by atoms with Crippen LogP contribution in [0.1, 0.15) is 12.5 Å². The summed E-state index contributed by atoms with van der Waals surface area (Å²) in [6.45, 7) is 3.58. The molecule has 20 heavy (non-hydrogen) atoms. The summed E-state index contributed by atoms with van der Waals surface area (Å²) in [4.78, 5) is 13.3. The van der Waals surface area contributed by atoms with Crippen molar-refractivity contribution in [2.24, 2.45) is 0 Å². The van der Waals surface area contributed by atoms with Crippen molar-refractivity contribution in [1.29, 1.82) is 0 Å². The Morgan fingerprint density at radius 3 is 2.80 bits per heavy atom. The molecule has 1 heterocycles. The number of carboxylic acid groups (broad SMARTS) is 1. The minimum Gasteiger partial charge on any atom is -0.497 e. The van der Waals surface area contributed by atoms with Gasteiger partial charge in [0.15, 0.2) is 0 Å². The molecule has 5 heteroatoms. The lowest BCUT2D eigenvalue weighted by Gasteiger charge is -2.37. The first-order valence-corrected chi connectivity index (χ1v) is 6.81. The summed E-state index contributed by atoms with van der Waals surface area (Å²) in [5.41, 5.74) is 1.17. The molecule has 0 saturated carbocycles. The van der Waals surface area contributed by atoms with E-state index in [0.29, 0.717) is 13.2 Å². The van der Waals surface area contributed by atoms with Gasteiger partial charge in [-0.1, -0.05) is 12.1 Å². The SMILES string of the molecule is COc1ccc(CC(C)N2CCOCC2C(=O)O)cc1. The van der Waals surface area contributed by atoms with E-state index in [2.05, 4.69) is 6.92 Å². The van der Waals surface area contributed by atoms with Gasteiger partial charge in [0.05, 0.1) is 20.3 Å². The number of hydrogen-bond acceptors (Lipinski definition) is 4. The summed E-state index contributed by atoms with van der Waals surface area (Å²) in [7, 11) is 1.64. The van der Waals surface area contributed by atoms with Crippen LogP contribution in [0, 0.1) is 0 Å².